The molecule has 0 aliphatic heterocycles. The second-order valence-electron chi connectivity index (χ2n) is 5.91. The highest BCUT2D eigenvalue weighted by atomic mass is 32.1. The number of Topliss-reactive ketones (excluding diaryl/α,β-unsaturated/α-hetero) is 1. The van der Waals surface area contributed by atoms with E-state index in [4.69, 9.17) is 0 Å². The van der Waals surface area contributed by atoms with Gasteiger partial charge in [0.1, 0.15) is 5.41 Å². The van der Waals surface area contributed by atoms with E-state index in [9.17, 15) is 10.1 Å². The number of fused-ring (bicyclic) bond motifs is 1. The summed E-state index contributed by atoms with van der Waals surface area (Å²) >= 11 is 1.56. The zero-order valence-corrected chi connectivity index (χ0v) is 11.8. The molecule has 0 spiro atoms. The fraction of sp³-hybridized carbons (Fsp3) is 0.500. The van der Waals surface area contributed by atoms with E-state index in [1.807, 2.05) is 36.0 Å². The second kappa shape index (κ2) is 3.91. The van der Waals surface area contributed by atoms with Crippen LogP contribution in [-0.4, -0.2) is 15.2 Å². The number of nitrogens with zero attached hydrogens (tertiary/aromatic N) is 3. The molecule has 0 N–H and O–H groups in total. The van der Waals surface area contributed by atoms with Crippen molar-refractivity contribution >= 4 is 22.1 Å². The van der Waals surface area contributed by atoms with Crippen molar-refractivity contribution in [3.05, 3.63) is 23.5 Å². The fourth-order valence-corrected chi connectivity index (χ4v) is 3.60. The molecule has 0 bridgehead atoms. The van der Waals surface area contributed by atoms with E-state index < -0.39 is 5.41 Å². The Morgan fingerprint density at radius 1 is 1.53 bits per heavy atom. The van der Waals surface area contributed by atoms with Crippen LogP contribution in [-0.2, 0) is 11.2 Å². The fourth-order valence-electron chi connectivity index (χ4n) is 2.89. The molecule has 2 aromatic rings. The molecule has 3 rings (SSSR count). The number of rotatable bonds is 2. The molecule has 1 aliphatic rings. The Bertz CT molecular complexity index is 662. The smallest absolute Gasteiger partial charge is 0.193 e. The van der Waals surface area contributed by atoms with Crippen LogP contribution in [0, 0.1) is 22.2 Å². The van der Waals surface area contributed by atoms with E-state index in [-0.39, 0.29) is 11.2 Å². The molecule has 2 aromatic heterocycles. The maximum absolute atomic E-state index is 12.5. The van der Waals surface area contributed by atoms with Crippen LogP contribution in [0.3, 0.4) is 0 Å². The van der Waals surface area contributed by atoms with Gasteiger partial charge < -0.3 is 0 Å². The van der Waals surface area contributed by atoms with Gasteiger partial charge in [-0.2, -0.15) is 5.26 Å². The highest BCUT2D eigenvalue weighted by molar-refractivity contribution is 7.15. The van der Waals surface area contributed by atoms with Gasteiger partial charge in [0.05, 0.1) is 11.8 Å². The summed E-state index contributed by atoms with van der Waals surface area (Å²) in [5.74, 6) is 0.0684. The van der Waals surface area contributed by atoms with Crippen molar-refractivity contribution in [2.45, 2.75) is 33.1 Å². The average Bonchev–Trinajstić information content (AvgIpc) is 2.99. The van der Waals surface area contributed by atoms with Crippen LogP contribution in [0.4, 0.5) is 0 Å². The third-order valence-corrected chi connectivity index (χ3v) is 4.84. The summed E-state index contributed by atoms with van der Waals surface area (Å²) in [6.45, 7) is 3.86. The SMILES string of the molecule is CC1(C)CCC(C#N)(Cc2cn3ccsc3n2)C1=O. The van der Waals surface area contributed by atoms with Crippen LogP contribution in [0.1, 0.15) is 32.4 Å². The lowest BCUT2D eigenvalue weighted by Gasteiger charge is -2.21. The van der Waals surface area contributed by atoms with Gasteiger partial charge in [-0.25, -0.2) is 4.98 Å². The number of thiazole rings is 1. The molecule has 4 nitrogen and oxygen atoms in total. The first-order valence-electron chi connectivity index (χ1n) is 6.34. The summed E-state index contributed by atoms with van der Waals surface area (Å²) in [4.78, 5) is 17.9. The van der Waals surface area contributed by atoms with E-state index in [2.05, 4.69) is 11.1 Å². The van der Waals surface area contributed by atoms with E-state index in [0.29, 0.717) is 12.8 Å². The minimum atomic E-state index is -0.881. The van der Waals surface area contributed by atoms with E-state index in [0.717, 1.165) is 17.1 Å². The molecule has 98 valence electrons. The molecule has 2 heterocycles. The molecule has 0 amide bonds. The number of aromatic nitrogens is 2. The summed E-state index contributed by atoms with van der Waals surface area (Å²) in [6.07, 6.45) is 5.71. The maximum Gasteiger partial charge on any atom is 0.193 e. The van der Waals surface area contributed by atoms with Crippen LogP contribution in [0.5, 0.6) is 0 Å². The lowest BCUT2D eigenvalue weighted by atomic mass is 9.78. The predicted octanol–water partition coefficient (Wildman–Crippen LogP) is 2.84. The van der Waals surface area contributed by atoms with Crippen molar-refractivity contribution < 1.29 is 4.79 Å². The first-order valence-corrected chi connectivity index (χ1v) is 7.22. The zero-order valence-electron chi connectivity index (χ0n) is 11.0. The van der Waals surface area contributed by atoms with Crippen LogP contribution in [0.25, 0.3) is 4.96 Å². The Balaban J connectivity index is 1.95. The van der Waals surface area contributed by atoms with Crippen LogP contribution >= 0.6 is 11.3 Å². The van der Waals surface area contributed by atoms with Gasteiger partial charge in [-0.1, -0.05) is 13.8 Å². The Hall–Kier alpha value is -1.67. The molecule has 1 atom stereocenters. The van der Waals surface area contributed by atoms with Gasteiger partial charge in [-0.05, 0) is 12.8 Å². The minimum absolute atomic E-state index is 0.0684. The molecule has 5 heteroatoms. The monoisotopic (exact) mass is 273 g/mol. The normalized spacial score (nSPS) is 25.8. The Labute approximate surface area is 115 Å². The number of hydrogen-bond donors (Lipinski definition) is 0. The molecule has 1 unspecified atom stereocenters. The van der Waals surface area contributed by atoms with E-state index >= 15 is 0 Å². The number of ketones is 1. The minimum Gasteiger partial charge on any atom is -0.297 e. The average molecular weight is 273 g/mol. The van der Waals surface area contributed by atoms with Crippen LogP contribution < -0.4 is 0 Å². The van der Waals surface area contributed by atoms with Crippen LogP contribution in [0.2, 0.25) is 0 Å². The highest BCUT2D eigenvalue weighted by Gasteiger charge is 2.52. The standard InChI is InChI=1S/C14H15N3OS/c1-13(2)3-4-14(9-15,11(13)18)7-10-8-17-5-6-19-12(17)16-10/h5-6,8H,3-4,7H2,1-2H3. The molecular formula is C14H15N3OS. The quantitative estimate of drug-likeness (QED) is 0.845. The zero-order chi connectivity index (χ0) is 13.7. The molecule has 1 saturated carbocycles. The lowest BCUT2D eigenvalue weighted by molar-refractivity contribution is -0.130. The van der Waals surface area contributed by atoms with Gasteiger partial charge >= 0.3 is 0 Å². The van der Waals surface area contributed by atoms with Crippen molar-refractivity contribution in [1.82, 2.24) is 9.38 Å². The molecule has 0 saturated heterocycles. The van der Waals surface area contributed by atoms with Gasteiger partial charge in [-0.15, -0.1) is 11.3 Å². The van der Waals surface area contributed by atoms with E-state index in [1.54, 1.807) is 11.3 Å². The number of carbonyl (C=O) groups excluding carboxylic acids is 1. The molecule has 1 aliphatic carbocycles. The number of hydrogen-bond acceptors (Lipinski definition) is 4. The largest absolute Gasteiger partial charge is 0.297 e. The van der Waals surface area contributed by atoms with Crippen molar-refractivity contribution in [2.24, 2.45) is 10.8 Å². The second-order valence-corrected chi connectivity index (χ2v) is 6.78. The molecule has 1 fully saturated rings. The van der Waals surface area contributed by atoms with Crippen molar-refractivity contribution in [1.29, 1.82) is 5.26 Å². The van der Waals surface area contributed by atoms with Gasteiger partial charge in [0.25, 0.3) is 0 Å². The summed E-state index contributed by atoms with van der Waals surface area (Å²) in [5, 5.41) is 11.5. The predicted molar refractivity (Wildman–Crippen MR) is 72.8 cm³/mol. The summed E-state index contributed by atoms with van der Waals surface area (Å²) in [7, 11) is 0. The first kappa shape index (κ1) is 12.4. The molecular weight excluding hydrogens is 258 g/mol. The summed E-state index contributed by atoms with van der Waals surface area (Å²) < 4.78 is 1.94. The third-order valence-electron chi connectivity index (χ3n) is 4.07. The van der Waals surface area contributed by atoms with Gasteiger partial charge in [0, 0.05) is 29.6 Å². The van der Waals surface area contributed by atoms with Crippen molar-refractivity contribution in [3.8, 4) is 6.07 Å². The lowest BCUT2D eigenvalue weighted by Crippen LogP contribution is -2.33. The summed E-state index contributed by atoms with van der Waals surface area (Å²) in [5.41, 5.74) is -0.431. The van der Waals surface area contributed by atoms with Crippen molar-refractivity contribution in [2.75, 3.05) is 0 Å². The Morgan fingerprint density at radius 3 is 2.89 bits per heavy atom. The maximum atomic E-state index is 12.5. The topological polar surface area (TPSA) is 58.2 Å². The molecule has 0 radical (unpaired) electrons. The Kier molecular flexibility index (Phi) is 2.55. The third kappa shape index (κ3) is 1.79. The molecule has 19 heavy (non-hydrogen) atoms. The van der Waals surface area contributed by atoms with Crippen molar-refractivity contribution in [3.63, 3.8) is 0 Å². The van der Waals surface area contributed by atoms with Crippen LogP contribution in [0.15, 0.2) is 17.8 Å². The van der Waals surface area contributed by atoms with Gasteiger partial charge in [-0.3, -0.25) is 9.20 Å². The summed E-state index contributed by atoms with van der Waals surface area (Å²) in [6, 6.07) is 2.27. The molecule has 0 aromatic carbocycles. The highest BCUT2D eigenvalue weighted by Crippen LogP contribution is 2.47. The Morgan fingerprint density at radius 2 is 2.32 bits per heavy atom. The number of nitriles is 1. The van der Waals surface area contributed by atoms with Gasteiger partial charge in [0.15, 0.2) is 10.7 Å². The number of carbonyl (C=O) groups is 1. The first-order chi connectivity index (χ1) is 8.97. The van der Waals surface area contributed by atoms with Gasteiger partial charge in [0.2, 0.25) is 0 Å². The van der Waals surface area contributed by atoms with E-state index in [1.165, 1.54) is 0 Å². The number of imidazole rings is 1.